The number of carbonyl (C=O) groups is 2. The maximum absolute atomic E-state index is 14.3. The molecule has 37 heavy (non-hydrogen) atoms. The van der Waals surface area contributed by atoms with Crippen molar-refractivity contribution in [3.8, 4) is 22.9 Å². The van der Waals surface area contributed by atoms with Crippen molar-refractivity contribution < 1.29 is 27.8 Å². The molecule has 0 spiro atoms. The van der Waals surface area contributed by atoms with Gasteiger partial charge in [-0.3, -0.25) is 9.59 Å². The van der Waals surface area contributed by atoms with Crippen LogP contribution in [0.4, 0.5) is 8.78 Å². The number of benzene rings is 2. The molecule has 4 aromatic rings. The molecule has 0 saturated carbocycles. The Balaban J connectivity index is 2.03. The highest BCUT2D eigenvalue weighted by molar-refractivity contribution is 5.98. The summed E-state index contributed by atoms with van der Waals surface area (Å²) in [5.74, 6) is -3.87. The van der Waals surface area contributed by atoms with Crippen LogP contribution in [-0.2, 0) is 16.0 Å². The van der Waals surface area contributed by atoms with Crippen molar-refractivity contribution in [1.29, 1.82) is 0 Å². The van der Waals surface area contributed by atoms with Gasteiger partial charge in [-0.15, -0.1) is 0 Å². The molecule has 0 saturated heterocycles. The van der Waals surface area contributed by atoms with Crippen LogP contribution in [0, 0.1) is 25.5 Å². The zero-order valence-corrected chi connectivity index (χ0v) is 20.3. The van der Waals surface area contributed by atoms with Gasteiger partial charge >= 0.3 is 5.97 Å². The normalized spacial score (nSPS) is 10.9. The molecule has 0 aliphatic heterocycles. The van der Waals surface area contributed by atoms with Gasteiger partial charge in [-0.05, 0) is 45.0 Å². The van der Waals surface area contributed by atoms with Crippen molar-refractivity contribution >= 4 is 22.8 Å². The summed E-state index contributed by atoms with van der Waals surface area (Å²) in [5, 5.41) is 0.654. The van der Waals surface area contributed by atoms with Crippen molar-refractivity contribution in [2.75, 3.05) is 6.61 Å². The van der Waals surface area contributed by atoms with Crippen molar-refractivity contribution in [2.24, 2.45) is 5.73 Å². The largest absolute Gasteiger partial charge is 0.462 e. The zero-order chi connectivity index (χ0) is 26.9. The Kier molecular flexibility index (Phi) is 7.01. The highest BCUT2D eigenvalue weighted by atomic mass is 19.2. The molecule has 4 rings (SSSR count). The summed E-state index contributed by atoms with van der Waals surface area (Å²) in [6.45, 7) is 4.49. The number of fused-ring (bicyclic) bond motifs is 1. The molecule has 0 bridgehead atoms. The summed E-state index contributed by atoms with van der Waals surface area (Å²) in [4.78, 5) is 45.5. The van der Waals surface area contributed by atoms with Crippen LogP contribution in [0.15, 0.2) is 47.3 Å². The molecule has 0 aliphatic carbocycles. The molecule has 2 aromatic heterocycles. The van der Waals surface area contributed by atoms with Gasteiger partial charge in [-0.25, -0.2) is 18.6 Å². The fourth-order valence-corrected chi connectivity index (χ4v) is 3.95. The number of H-pyrrole nitrogens is 1. The number of halogens is 2. The van der Waals surface area contributed by atoms with E-state index in [0.29, 0.717) is 16.6 Å². The number of pyridine rings is 2. The van der Waals surface area contributed by atoms with E-state index in [1.54, 1.807) is 44.2 Å². The molecule has 10 heteroatoms. The lowest BCUT2D eigenvalue weighted by molar-refractivity contribution is -0.117. The first kappa shape index (κ1) is 25.5. The van der Waals surface area contributed by atoms with Gasteiger partial charge in [0.2, 0.25) is 17.2 Å². The van der Waals surface area contributed by atoms with Crippen LogP contribution in [0.2, 0.25) is 0 Å². The lowest BCUT2D eigenvalue weighted by Crippen LogP contribution is -2.28. The number of aromatic nitrogens is 2. The van der Waals surface area contributed by atoms with Crippen LogP contribution >= 0.6 is 0 Å². The Bertz CT molecular complexity index is 1610. The number of hydrogen-bond acceptors (Lipinski definition) is 6. The zero-order valence-electron chi connectivity index (χ0n) is 20.3. The van der Waals surface area contributed by atoms with Crippen molar-refractivity contribution in [3.05, 3.63) is 86.7 Å². The van der Waals surface area contributed by atoms with Crippen molar-refractivity contribution in [2.45, 2.75) is 27.2 Å². The van der Waals surface area contributed by atoms with Gasteiger partial charge in [-0.1, -0.05) is 18.2 Å². The minimum atomic E-state index is -1.08. The monoisotopic (exact) mass is 507 g/mol. The third-order valence-corrected chi connectivity index (χ3v) is 5.80. The first-order chi connectivity index (χ1) is 17.6. The van der Waals surface area contributed by atoms with E-state index in [1.165, 1.54) is 13.0 Å². The number of amides is 1. The van der Waals surface area contributed by atoms with Gasteiger partial charge in [0.05, 0.1) is 29.8 Å². The highest BCUT2D eigenvalue weighted by Gasteiger charge is 2.27. The number of aryl methyl sites for hydroxylation is 1. The van der Waals surface area contributed by atoms with Crippen LogP contribution in [0.1, 0.15) is 34.1 Å². The summed E-state index contributed by atoms with van der Waals surface area (Å²) in [7, 11) is 0. The molecule has 190 valence electrons. The number of primary amides is 1. The van der Waals surface area contributed by atoms with Gasteiger partial charge in [0, 0.05) is 22.2 Å². The Hall–Kier alpha value is -4.60. The summed E-state index contributed by atoms with van der Waals surface area (Å²) in [5.41, 5.74) is 5.18. The smallest absolute Gasteiger partial charge is 0.344 e. The fraction of sp³-hybridized carbons (Fsp3) is 0.185. The molecule has 2 heterocycles. The van der Waals surface area contributed by atoms with Crippen molar-refractivity contribution in [3.63, 3.8) is 0 Å². The topological polar surface area (TPSA) is 124 Å². The van der Waals surface area contributed by atoms with Crippen LogP contribution in [0.25, 0.3) is 22.2 Å². The minimum Gasteiger partial charge on any atom is -0.462 e. The Morgan fingerprint density at radius 2 is 1.84 bits per heavy atom. The standard InChI is InChI=1S/C27H23F2N3O5/c1-4-36-27(35)22-24(31-14(3)16(25(22)34)12-21(30)33)17-11-15-7-5-6-8-19(15)32-26(17)37-20-10-9-18(28)23(29)13(20)2/h5-11H,4,12H2,1-3H3,(H2,30,33)(H,31,34). The van der Waals surface area contributed by atoms with E-state index in [1.807, 2.05) is 0 Å². The molecule has 2 aromatic carbocycles. The van der Waals surface area contributed by atoms with Gasteiger partial charge in [0.15, 0.2) is 11.6 Å². The van der Waals surface area contributed by atoms with E-state index in [2.05, 4.69) is 9.97 Å². The van der Waals surface area contributed by atoms with E-state index in [4.69, 9.17) is 15.2 Å². The third-order valence-electron chi connectivity index (χ3n) is 5.80. The Morgan fingerprint density at radius 1 is 1.11 bits per heavy atom. The first-order valence-corrected chi connectivity index (χ1v) is 11.4. The number of ether oxygens (including phenoxy) is 2. The number of carbonyl (C=O) groups excluding carboxylic acids is 2. The number of nitrogens with zero attached hydrogens (tertiary/aromatic N) is 1. The summed E-state index contributed by atoms with van der Waals surface area (Å²) in [6.07, 6.45) is -0.388. The minimum absolute atomic E-state index is 0.00923. The molecule has 0 radical (unpaired) electrons. The van der Waals surface area contributed by atoms with Gasteiger partial charge in [-0.2, -0.15) is 0 Å². The molecule has 0 unspecified atom stereocenters. The molecule has 0 fully saturated rings. The maximum Gasteiger partial charge on any atom is 0.344 e. The number of esters is 1. The second kappa shape index (κ2) is 10.2. The molecular weight excluding hydrogens is 484 g/mol. The van der Waals surface area contributed by atoms with Crippen LogP contribution in [0.5, 0.6) is 11.6 Å². The number of nitrogens with two attached hydrogens (primary N) is 1. The lowest BCUT2D eigenvalue weighted by Gasteiger charge is -2.17. The van der Waals surface area contributed by atoms with E-state index < -0.39 is 28.9 Å². The predicted octanol–water partition coefficient (Wildman–Crippen LogP) is 4.48. The maximum atomic E-state index is 14.3. The highest BCUT2D eigenvalue weighted by Crippen LogP contribution is 2.37. The average Bonchev–Trinajstić information content (AvgIpc) is 2.86. The molecule has 8 nitrogen and oxygen atoms in total. The van der Waals surface area contributed by atoms with Gasteiger partial charge in [0.1, 0.15) is 11.3 Å². The number of aromatic amines is 1. The van der Waals surface area contributed by atoms with E-state index in [-0.39, 0.29) is 52.6 Å². The van der Waals surface area contributed by atoms with E-state index in [0.717, 1.165) is 6.07 Å². The number of hydrogen-bond donors (Lipinski definition) is 2. The second-order valence-corrected chi connectivity index (χ2v) is 8.29. The van der Waals surface area contributed by atoms with Crippen LogP contribution < -0.4 is 15.9 Å². The molecule has 3 N–H and O–H groups in total. The number of para-hydroxylation sites is 1. The Morgan fingerprint density at radius 3 is 2.54 bits per heavy atom. The summed E-state index contributed by atoms with van der Waals surface area (Å²) >= 11 is 0. The van der Waals surface area contributed by atoms with Gasteiger partial charge < -0.3 is 20.2 Å². The van der Waals surface area contributed by atoms with E-state index >= 15 is 0 Å². The van der Waals surface area contributed by atoms with Crippen molar-refractivity contribution in [1.82, 2.24) is 9.97 Å². The lowest BCUT2D eigenvalue weighted by atomic mass is 9.99. The number of rotatable bonds is 7. The van der Waals surface area contributed by atoms with Crippen LogP contribution in [-0.4, -0.2) is 28.5 Å². The van der Waals surface area contributed by atoms with E-state index in [9.17, 15) is 23.2 Å². The molecule has 1 amide bonds. The summed E-state index contributed by atoms with van der Waals surface area (Å²) < 4.78 is 39.0. The van der Waals surface area contributed by atoms with Gasteiger partial charge in [0.25, 0.3) is 0 Å². The fourth-order valence-electron chi connectivity index (χ4n) is 3.95. The molecular formula is C27H23F2N3O5. The van der Waals surface area contributed by atoms with Crippen LogP contribution in [0.3, 0.4) is 0 Å². The quantitative estimate of drug-likeness (QED) is 0.356. The molecule has 0 atom stereocenters. The second-order valence-electron chi connectivity index (χ2n) is 8.29. The first-order valence-electron chi connectivity index (χ1n) is 11.4. The predicted molar refractivity (Wildman–Crippen MR) is 133 cm³/mol. The average molecular weight is 507 g/mol. The third kappa shape index (κ3) is 4.90. The molecule has 0 aliphatic rings. The number of nitrogens with one attached hydrogen (secondary N) is 1. The SMILES string of the molecule is CCOC(=O)c1c(-c2cc3ccccc3nc2Oc2ccc(F)c(F)c2C)[nH]c(C)c(CC(N)=O)c1=O. The Labute approximate surface area is 210 Å². The summed E-state index contributed by atoms with van der Waals surface area (Å²) in [6, 6.07) is 10.9.